The lowest BCUT2D eigenvalue weighted by molar-refractivity contribution is -0.137. The molecule has 2 aromatic carbocycles. The van der Waals surface area contributed by atoms with Crippen LogP contribution in [0.1, 0.15) is 36.8 Å². The molecule has 1 heterocycles. The average Bonchev–Trinajstić information content (AvgIpc) is 2.76. The summed E-state index contributed by atoms with van der Waals surface area (Å²) in [5, 5.41) is 0. The minimum Gasteiger partial charge on any atom is -0.493 e. The molecule has 0 aliphatic carbocycles. The first-order chi connectivity index (χ1) is 14.1. The third-order valence-corrected chi connectivity index (χ3v) is 5.61. The van der Waals surface area contributed by atoms with E-state index in [1.54, 1.807) is 14.2 Å². The fraction of sp³-hybridized carbons (Fsp3) is 0.458. The minimum absolute atomic E-state index is 0.0743. The number of benzene rings is 2. The molecular formula is C24H31NO4. The van der Waals surface area contributed by atoms with Crippen molar-refractivity contribution in [3.05, 3.63) is 53.6 Å². The highest BCUT2D eigenvalue weighted by atomic mass is 16.5. The molecule has 2 aromatic rings. The van der Waals surface area contributed by atoms with Gasteiger partial charge in [0.25, 0.3) is 5.91 Å². The van der Waals surface area contributed by atoms with E-state index < -0.39 is 0 Å². The quantitative estimate of drug-likeness (QED) is 0.662. The number of hydrogen-bond donors (Lipinski definition) is 0. The number of piperidine rings is 1. The summed E-state index contributed by atoms with van der Waals surface area (Å²) >= 11 is 0. The summed E-state index contributed by atoms with van der Waals surface area (Å²) in [5.74, 6) is 2.33. The van der Waals surface area contributed by atoms with Crippen LogP contribution in [0.25, 0.3) is 0 Å². The van der Waals surface area contributed by atoms with Crippen molar-refractivity contribution in [2.24, 2.45) is 0 Å². The smallest absolute Gasteiger partial charge is 0.260 e. The van der Waals surface area contributed by atoms with Crippen molar-refractivity contribution in [1.29, 1.82) is 0 Å². The summed E-state index contributed by atoms with van der Waals surface area (Å²) in [4.78, 5) is 14.9. The summed E-state index contributed by atoms with van der Waals surface area (Å²) < 4.78 is 16.5. The molecular weight excluding hydrogens is 366 g/mol. The van der Waals surface area contributed by atoms with Crippen LogP contribution in [-0.2, 0) is 11.2 Å². The molecule has 5 heteroatoms. The van der Waals surface area contributed by atoms with Crippen molar-refractivity contribution >= 4 is 5.91 Å². The van der Waals surface area contributed by atoms with Crippen molar-refractivity contribution in [3.8, 4) is 17.2 Å². The van der Waals surface area contributed by atoms with Crippen molar-refractivity contribution in [2.45, 2.75) is 45.1 Å². The highest BCUT2D eigenvalue weighted by Crippen LogP contribution is 2.29. The first-order valence-electron chi connectivity index (χ1n) is 10.3. The lowest BCUT2D eigenvalue weighted by atomic mass is 9.95. The van der Waals surface area contributed by atoms with Crippen LogP contribution < -0.4 is 14.2 Å². The first-order valence-corrected chi connectivity index (χ1v) is 10.3. The molecule has 3 rings (SSSR count). The number of carbonyl (C=O) groups excluding carboxylic acids is 1. The van der Waals surface area contributed by atoms with Gasteiger partial charge in [-0.3, -0.25) is 4.79 Å². The Balaban J connectivity index is 1.59. The zero-order valence-corrected chi connectivity index (χ0v) is 17.6. The number of ether oxygens (including phenoxy) is 3. The van der Waals surface area contributed by atoms with Crippen LogP contribution in [0.2, 0.25) is 0 Å². The lowest BCUT2D eigenvalue weighted by Crippen LogP contribution is -2.46. The maximum Gasteiger partial charge on any atom is 0.260 e. The Labute approximate surface area is 173 Å². The van der Waals surface area contributed by atoms with E-state index >= 15 is 0 Å². The van der Waals surface area contributed by atoms with Crippen LogP contribution in [0, 0.1) is 6.92 Å². The van der Waals surface area contributed by atoms with Gasteiger partial charge in [0.2, 0.25) is 0 Å². The molecule has 0 saturated carbocycles. The van der Waals surface area contributed by atoms with E-state index in [2.05, 4.69) is 6.07 Å². The largest absolute Gasteiger partial charge is 0.493 e. The number of carbonyl (C=O) groups is 1. The Morgan fingerprint density at radius 3 is 2.59 bits per heavy atom. The Kier molecular flexibility index (Phi) is 7.39. The zero-order chi connectivity index (χ0) is 20.6. The molecule has 1 atom stereocenters. The molecule has 0 bridgehead atoms. The number of likely N-dealkylation sites (tertiary alicyclic amines) is 1. The zero-order valence-electron chi connectivity index (χ0n) is 17.6. The van der Waals surface area contributed by atoms with E-state index in [9.17, 15) is 4.79 Å². The lowest BCUT2D eigenvalue weighted by Gasteiger charge is -2.36. The standard InChI is InChI=1S/C24H31NO4/c1-18-8-4-5-10-21(18)29-17-24(26)25-15-7-6-9-20(25)13-11-19-12-14-22(27-2)23(16-19)28-3/h4-5,8,10,12,14,16,20H,6-7,9,11,13,15,17H2,1-3H3. The molecule has 0 spiro atoms. The maximum atomic E-state index is 12.9. The van der Waals surface area contributed by atoms with Gasteiger partial charge in [-0.05, 0) is 68.4 Å². The summed E-state index contributed by atoms with van der Waals surface area (Å²) in [6, 6.07) is 14.1. The van der Waals surface area contributed by atoms with Gasteiger partial charge in [-0.2, -0.15) is 0 Å². The van der Waals surface area contributed by atoms with E-state index in [-0.39, 0.29) is 18.6 Å². The van der Waals surface area contributed by atoms with Gasteiger partial charge in [0.1, 0.15) is 5.75 Å². The number of para-hydroxylation sites is 1. The molecule has 1 aliphatic heterocycles. The molecule has 0 radical (unpaired) electrons. The van der Waals surface area contributed by atoms with Gasteiger partial charge in [0.15, 0.2) is 18.1 Å². The number of nitrogens with zero attached hydrogens (tertiary/aromatic N) is 1. The molecule has 1 unspecified atom stereocenters. The van der Waals surface area contributed by atoms with Gasteiger partial charge in [-0.1, -0.05) is 24.3 Å². The van der Waals surface area contributed by atoms with Crippen LogP contribution >= 0.6 is 0 Å². The second kappa shape index (κ2) is 10.2. The van der Waals surface area contributed by atoms with E-state index in [0.29, 0.717) is 0 Å². The molecule has 29 heavy (non-hydrogen) atoms. The third-order valence-electron chi connectivity index (χ3n) is 5.61. The Morgan fingerprint density at radius 1 is 1.03 bits per heavy atom. The summed E-state index contributed by atoms with van der Waals surface area (Å²) in [7, 11) is 3.29. The molecule has 156 valence electrons. The highest BCUT2D eigenvalue weighted by Gasteiger charge is 2.26. The van der Waals surface area contributed by atoms with E-state index in [1.807, 2.05) is 48.2 Å². The van der Waals surface area contributed by atoms with Gasteiger partial charge in [0.05, 0.1) is 14.2 Å². The van der Waals surface area contributed by atoms with Crippen LogP contribution in [0.3, 0.4) is 0 Å². The molecule has 1 saturated heterocycles. The molecule has 0 N–H and O–H groups in total. The normalized spacial score (nSPS) is 16.4. The van der Waals surface area contributed by atoms with Crippen molar-refractivity contribution in [2.75, 3.05) is 27.4 Å². The maximum absolute atomic E-state index is 12.9. The number of amides is 1. The monoisotopic (exact) mass is 397 g/mol. The summed E-state index contributed by atoms with van der Waals surface area (Å²) in [6.45, 7) is 2.90. The van der Waals surface area contributed by atoms with Crippen molar-refractivity contribution < 1.29 is 19.0 Å². The van der Waals surface area contributed by atoms with E-state index in [1.165, 1.54) is 12.0 Å². The third kappa shape index (κ3) is 5.43. The van der Waals surface area contributed by atoms with Crippen LogP contribution in [0.15, 0.2) is 42.5 Å². The Bertz CT molecular complexity index is 820. The van der Waals surface area contributed by atoms with Crippen LogP contribution in [-0.4, -0.2) is 44.2 Å². The van der Waals surface area contributed by atoms with E-state index in [0.717, 1.165) is 55.0 Å². The molecule has 0 aromatic heterocycles. The minimum atomic E-state index is 0.0743. The van der Waals surface area contributed by atoms with Gasteiger partial charge in [0, 0.05) is 12.6 Å². The molecule has 1 fully saturated rings. The number of aryl methyl sites for hydroxylation is 2. The van der Waals surface area contributed by atoms with Crippen molar-refractivity contribution in [3.63, 3.8) is 0 Å². The number of rotatable bonds is 8. The van der Waals surface area contributed by atoms with Gasteiger partial charge < -0.3 is 19.1 Å². The molecule has 5 nitrogen and oxygen atoms in total. The predicted octanol–water partition coefficient (Wildman–Crippen LogP) is 4.40. The van der Waals surface area contributed by atoms with Crippen LogP contribution in [0.4, 0.5) is 0 Å². The second-order valence-corrected chi connectivity index (χ2v) is 7.52. The topological polar surface area (TPSA) is 48.0 Å². The second-order valence-electron chi connectivity index (χ2n) is 7.52. The SMILES string of the molecule is COc1ccc(CCC2CCCCN2C(=O)COc2ccccc2C)cc1OC. The molecule has 1 amide bonds. The highest BCUT2D eigenvalue weighted by molar-refractivity contribution is 5.78. The predicted molar refractivity (Wildman–Crippen MR) is 114 cm³/mol. The number of hydrogen-bond acceptors (Lipinski definition) is 4. The Hall–Kier alpha value is -2.69. The van der Waals surface area contributed by atoms with Gasteiger partial charge >= 0.3 is 0 Å². The fourth-order valence-corrected chi connectivity index (χ4v) is 3.94. The van der Waals surface area contributed by atoms with Crippen LogP contribution in [0.5, 0.6) is 17.2 Å². The summed E-state index contributed by atoms with van der Waals surface area (Å²) in [6.07, 6.45) is 5.10. The molecule has 1 aliphatic rings. The van der Waals surface area contributed by atoms with Gasteiger partial charge in [-0.15, -0.1) is 0 Å². The average molecular weight is 398 g/mol. The number of methoxy groups -OCH3 is 2. The first kappa shape index (κ1) is 21.0. The van der Waals surface area contributed by atoms with Crippen molar-refractivity contribution in [1.82, 2.24) is 4.90 Å². The van der Waals surface area contributed by atoms with E-state index in [4.69, 9.17) is 14.2 Å². The fourth-order valence-electron chi connectivity index (χ4n) is 3.94. The van der Waals surface area contributed by atoms with Gasteiger partial charge in [-0.25, -0.2) is 0 Å². The summed E-state index contributed by atoms with van der Waals surface area (Å²) in [5.41, 5.74) is 2.24. The Morgan fingerprint density at radius 2 is 1.83 bits per heavy atom.